The molecule has 1 aliphatic rings. The van der Waals surface area contributed by atoms with Crippen LogP contribution in [0.1, 0.15) is 53.4 Å². The number of benzene rings is 2. The molecule has 0 atom stereocenters. The molecular weight excluding hydrogens is 507 g/mol. The summed E-state index contributed by atoms with van der Waals surface area (Å²) >= 11 is 7.98. The lowest BCUT2D eigenvalue weighted by atomic mass is 9.86. The van der Waals surface area contributed by atoms with E-state index in [2.05, 4.69) is 18.0 Å². The van der Waals surface area contributed by atoms with Crippen molar-refractivity contribution in [1.82, 2.24) is 9.88 Å². The minimum atomic E-state index is -0.398. The SMILES string of the molecule is COc1ccc(-c2ccncc2)cc1CN(C(=O)c1sc2c(C)ccc(F)c2c1Cl)C1CCC(C)CC1. The first-order chi connectivity index (χ1) is 17.9. The molecule has 5 rings (SSSR count). The molecular formula is C30H30ClFN2O2S. The number of hydrogen-bond donors (Lipinski definition) is 0. The highest BCUT2D eigenvalue weighted by atomic mass is 35.5. The van der Waals surface area contributed by atoms with E-state index in [0.29, 0.717) is 22.7 Å². The Kier molecular flexibility index (Phi) is 7.50. The van der Waals surface area contributed by atoms with E-state index < -0.39 is 5.82 Å². The van der Waals surface area contributed by atoms with Gasteiger partial charge in [-0.05, 0) is 85.5 Å². The molecule has 192 valence electrons. The fraction of sp³-hybridized carbons (Fsp3) is 0.333. The molecule has 37 heavy (non-hydrogen) atoms. The van der Waals surface area contributed by atoms with Crippen LogP contribution in [-0.4, -0.2) is 28.9 Å². The zero-order chi connectivity index (χ0) is 26.1. The van der Waals surface area contributed by atoms with Crippen LogP contribution in [0.4, 0.5) is 4.39 Å². The van der Waals surface area contributed by atoms with Crippen molar-refractivity contribution in [3.63, 3.8) is 0 Å². The summed E-state index contributed by atoms with van der Waals surface area (Å²) in [6.07, 6.45) is 7.52. The molecule has 2 heterocycles. The molecule has 0 N–H and O–H groups in total. The third-order valence-electron chi connectivity index (χ3n) is 7.44. The van der Waals surface area contributed by atoms with Gasteiger partial charge in [0.05, 0.1) is 12.1 Å². The van der Waals surface area contributed by atoms with Crippen molar-refractivity contribution in [1.29, 1.82) is 0 Å². The van der Waals surface area contributed by atoms with E-state index in [0.717, 1.165) is 58.4 Å². The van der Waals surface area contributed by atoms with Crippen molar-refractivity contribution >= 4 is 38.9 Å². The highest BCUT2D eigenvalue weighted by molar-refractivity contribution is 7.21. The first kappa shape index (κ1) is 25.7. The number of thiophene rings is 1. The van der Waals surface area contributed by atoms with E-state index in [1.54, 1.807) is 25.6 Å². The molecule has 0 bridgehead atoms. The Bertz CT molecular complexity index is 1430. The Balaban J connectivity index is 1.57. The Morgan fingerprint density at radius 2 is 1.84 bits per heavy atom. The van der Waals surface area contributed by atoms with Crippen molar-refractivity contribution < 1.29 is 13.9 Å². The monoisotopic (exact) mass is 536 g/mol. The number of rotatable bonds is 6. The fourth-order valence-electron chi connectivity index (χ4n) is 5.26. The summed E-state index contributed by atoms with van der Waals surface area (Å²) in [5.74, 6) is 0.818. The molecule has 4 nitrogen and oxygen atoms in total. The van der Waals surface area contributed by atoms with Gasteiger partial charge < -0.3 is 9.64 Å². The van der Waals surface area contributed by atoms with Gasteiger partial charge in [0.2, 0.25) is 0 Å². The van der Waals surface area contributed by atoms with E-state index in [-0.39, 0.29) is 17.0 Å². The second-order valence-corrected chi connectivity index (χ2v) is 11.3. The molecule has 0 saturated heterocycles. The molecule has 2 aromatic carbocycles. The number of pyridine rings is 1. The summed E-state index contributed by atoms with van der Waals surface area (Å²) < 4.78 is 21.2. The summed E-state index contributed by atoms with van der Waals surface area (Å²) in [5, 5.41) is 0.544. The van der Waals surface area contributed by atoms with E-state index in [4.69, 9.17) is 16.3 Å². The van der Waals surface area contributed by atoms with E-state index in [9.17, 15) is 9.18 Å². The smallest absolute Gasteiger partial charge is 0.266 e. The summed E-state index contributed by atoms with van der Waals surface area (Å²) in [4.78, 5) is 20.6. The predicted molar refractivity (Wildman–Crippen MR) is 149 cm³/mol. The van der Waals surface area contributed by atoms with Gasteiger partial charge in [-0.3, -0.25) is 9.78 Å². The molecule has 7 heteroatoms. The third-order valence-corrected chi connectivity index (χ3v) is 9.25. The summed E-state index contributed by atoms with van der Waals surface area (Å²) in [6, 6.07) is 13.2. The number of hydrogen-bond acceptors (Lipinski definition) is 4. The van der Waals surface area contributed by atoms with Gasteiger partial charge in [-0.15, -0.1) is 11.3 Å². The third kappa shape index (κ3) is 5.10. The quantitative estimate of drug-likeness (QED) is 0.249. The van der Waals surface area contributed by atoms with Crippen LogP contribution >= 0.6 is 22.9 Å². The van der Waals surface area contributed by atoms with E-state index in [1.807, 2.05) is 36.1 Å². The van der Waals surface area contributed by atoms with Crippen molar-refractivity contribution in [3.8, 4) is 16.9 Å². The normalized spacial score (nSPS) is 17.6. The van der Waals surface area contributed by atoms with Crippen LogP contribution in [0, 0.1) is 18.7 Å². The maximum Gasteiger partial charge on any atom is 0.266 e. The minimum Gasteiger partial charge on any atom is -0.496 e. The maximum absolute atomic E-state index is 14.7. The minimum absolute atomic E-state index is 0.0743. The molecule has 0 radical (unpaired) electrons. The number of aromatic nitrogens is 1. The number of nitrogens with zero attached hydrogens (tertiary/aromatic N) is 2. The van der Waals surface area contributed by atoms with Crippen LogP contribution in [0.2, 0.25) is 5.02 Å². The van der Waals surface area contributed by atoms with Crippen LogP contribution in [0.15, 0.2) is 54.9 Å². The molecule has 4 aromatic rings. The fourth-order valence-corrected chi connectivity index (χ4v) is 6.83. The van der Waals surface area contributed by atoms with Crippen molar-refractivity contribution in [2.75, 3.05) is 7.11 Å². The Morgan fingerprint density at radius 1 is 1.11 bits per heavy atom. The number of aryl methyl sites for hydroxylation is 1. The van der Waals surface area contributed by atoms with Gasteiger partial charge in [0.15, 0.2) is 0 Å². The number of carbonyl (C=O) groups excluding carboxylic acids is 1. The summed E-state index contributed by atoms with van der Waals surface area (Å²) in [7, 11) is 1.65. The van der Waals surface area contributed by atoms with Gasteiger partial charge in [0.1, 0.15) is 16.4 Å². The largest absolute Gasteiger partial charge is 0.496 e. The summed E-state index contributed by atoms with van der Waals surface area (Å²) in [5.41, 5.74) is 3.90. The number of halogens is 2. The van der Waals surface area contributed by atoms with Crippen molar-refractivity contribution in [2.24, 2.45) is 5.92 Å². The van der Waals surface area contributed by atoms with E-state index in [1.165, 1.54) is 17.4 Å². The van der Waals surface area contributed by atoms with Gasteiger partial charge in [0, 0.05) is 40.6 Å². The van der Waals surface area contributed by atoms with Gasteiger partial charge in [-0.1, -0.05) is 30.7 Å². The van der Waals surface area contributed by atoms with Crippen LogP contribution in [0.25, 0.3) is 21.2 Å². The Morgan fingerprint density at radius 3 is 2.51 bits per heavy atom. The predicted octanol–water partition coefficient (Wildman–Crippen LogP) is 8.29. The zero-order valence-corrected chi connectivity index (χ0v) is 22.8. The molecule has 0 unspecified atom stereocenters. The molecule has 2 aromatic heterocycles. The molecule has 0 spiro atoms. The number of fused-ring (bicyclic) bond motifs is 1. The standard InChI is InChI=1S/C30H30ClFN2O2S/c1-18-4-8-23(9-5-18)34(30(35)29-27(31)26-24(32)10-6-19(2)28(26)37-29)17-22-16-21(7-11-25(22)36-3)20-12-14-33-15-13-20/h6-7,10-16,18,23H,4-5,8-9,17H2,1-3H3. The lowest BCUT2D eigenvalue weighted by Crippen LogP contribution is -2.41. The summed E-state index contributed by atoms with van der Waals surface area (Å²) in [6.45, 7) is 4.56. The molecule has 1 fully saturated rings. The van der Waals surface area contributed by atoms with Crippen LogP contribution in [-0.2, 0) is 6.54 Å². The topological polar surface area (TPSA) is 42.4 Å². The average Bonchev–Trinajstić information content (AvgIpc) is 3.28. The average molecular weight is 537 g/mol. The highest BCUT2D eigenvalue weighted by Crippen LogP contribution is 2.41. The molecule has 1 aliphatic carbocycles. The second kappa shape index (κ2) is 10.8. The Labute approximate surface area is 226 Å². The second-order valence-electron chi connectivity index (χ2n) is 9.92. The van der Waals surface area contributed by atoms with E-state index >= 15 is 0 Å². The van der Waals surface area contributed by atoms with Gasteiger partial charge >= 0.3 is 0 Å². The van der Waals surface area contributed by atoms with Gasteiger partial charge in [-0.2, -0.15) is 0 Å². The van der Waals surface area contributed by atoms with Gasteiger partial charge in [0.25, 0.3) is 5.91 Å². The van der Waals surface area contributed by atoms with Crippen LogP contribution < -0.4 is 4.74 Å². The first-order valence-corrected chi connectivity index (χ1v) is 13.8. The zero-order valence-electron chi connectivity index (χ0n) is 21.3. The molecule has 1 amide bonds. The maximum atomic E-state index is 14.7. The van der Waals surface area contributed by atoms with Crippen molar-refractivity contribution in [2.45, 2.75) is 52.1 Å². The first-order valence-electron chi connectivity index (χ1n) is 12.6. The molecule has 1 saturated carbocycles. The number of methoxy groups -OCH3 is 1. The molecule has 0 aliphatic heterocycles. The lowest BCUT2D eigenvalue weighted by molar-refractivity contribution is 0.0597. The highest BCUT2D eigenvalue weighted by Gasteiger charge is 2.32. The van der Waals surface area contributed by atoms with Crippen molar-refractivity contribution in [3.05, 3.63) is 81.7 Å². The number of ether oxygens (including phenoxy) is 1. The van der Waals surface area contributed by atoms with Crippen LogP contribution in [0.3, 0.4) is 0 Å². The van der Waals surface area contributed by atoms with Gasteiger partial charge in [-0.25, -0.2) is 4.39 Å². The van der Waals surface area contributed by atoms with Crippen LogP contribution in [0.5, 0.6) is 5.75 Å². The Hall–Kier alpha value is -2.96. The number of amides is 1. The number of carbonyl (C=O) groups is 1. The lowest BCUT2D eigenvalue weighted by Gasteiger charge is -2.36.